The third-order valence-electron chi connectivity index (χ3n) is 2.33. The third kappa shape index (κ3) is 5.16. The molecule has 0 amide bonds. The Balaban J connectivity index is 0.000000492. The predicted octanol–water partition coefficient (Wildman–Crippen LogP) is 1.34. The van der Waals surface area contributed by atoms with E-state index in [-0.39, 0.29) is 0 Å². The highest BCUT2D eigenvalue weighted by molar-refractivity contribution is 9.10. The van der Waals surface area contributed by atoms with Crippen molar-refractivity contribution < 1.29 is 4.21 Å². The normalized spacial score (nSPS) is 17.7. The minimum absolute atomic E-state index is 0.750. The molecule has 1 aliphatic rings. The summed E-state index contributed by atoms with van der Waals surface area (Å²) >= 11 is 3.37. The quantitative estimate of drug-likeness (QED) is 0.858. The Labute approximate surface area is 120 Å². The van der Waals surface area contributed by atoms with Gasteiger partial charge >= 0.3 is 0 Å². The van der Waals surface area contributed by atoms with Gasteiger partial charge in [0.05, 0.1) is 4.90 Å². The highest BCUT2D eigenvalue weighted by atomic mass is 79.9. The number of hydrogen-bond acceptors (Lipinski definition) is 3. The zero-order valence-electron chi connectivity index (χ0n) is 10.6. The molecule has 18 heavy (non-hydrogen) atoms. The molecule has 6 heteroatoms. The standard InChI is InChI=1S/C10H13BrN2OS.C2H7N/c11-9-1-3-10(4-2-9)15(14)13-7-5-12-6-8-13;1-2-3/h1-4,12H,5-8H2;2-3H2,1H3. The Morgan fingerprint density at radius 2 is 1.83 bits per heavy atom. The summed E-state index contributed by atoms with van der Waals surface area (Å²) in [5.41, 5.74) is 4.85. The van der Waals surface area contributed by atoms with E-state index in [2.05, 4.69) is 21.2 Å². The number of nitrogens with one attached hydrogen (secondary N) is 1. The van der Waals surface area contributed by atoms with E-state index in [1.165, 1.54) is 0 Å². The number of piperazine rings is 1. The van der Waals surface area contributed by atoms with Crippen molar-refractivity contribution in [3.8, 4) is 0 Å². The van der Waals surface area contributed by atoms with E-state index in [0.29, 0.717) is 0 Å². The molecule has 102 valence electrons. The van der Waals surface area contributed by atoms with E-state index in [0.717, 1.165) is 42.1 Å². The van der Waals surface area contributed by atoms with Gasteiger partial charge in [0.1, 0.15) is 11.0 Å². The van der Waals surface area contributed by atoms with E-state index in [1.54, 1.807) is 0 Å². The van der Waals surface area contributed by atoms with Gasteiger partial charge < -0.3 is 11.1 Å². The van der Waals surface area contributed by atoms with Crippen LogP contribution >= 0.6 is 15.9 Å². The first-order valence-corrected chi connectivity index (χ1v) is 7.92. The molecule has 0 spiro atoms. The summed E-state index contributed by atoms with van der Waals surface area (Å²) in [5.74, 6) is 0. The van der Waals surface area contributed by atoms with Crippen LogP contribution in [-0.4, -0.2) is 41.2 Å². The van der Waals surface area contributed by atoms with Gasteiger partial charge in [-0.1, -0.05) is 22.9 Å². The average Bonchev–Trinajstić information content (AvgIpc) is 2.41. The molecule has 4 nitrogen and oxygen atoms in total. The number of nitrogens with zero attached hydrogens (tertiary/aromatic N) is 1. The minimum atomic E-state index is -1.01. The molecule has 0 aromatic heterocycles. The molecular weight excluding hydrogens is 314 g/mol. The van der Waals surface area contributed by atoms with E-state index >= 15 is 0 Å². The van der Waals surface area contributed by atoms with Crippen LogP contribution in [0.5, 0.6) is 0 Å². The second-order valence-electron chi connectivity index (χ2n) is 3.79. The van der Waals surface area contributed by atoms with Gasteiger partial charge in [0.25, 0.3) is 0 Å². The number of halogens is 1. The summed E-state index contributed by atoms with van der Waals surface area (Å²) in [6, 6.07) is 7.66. The van der Waals surface area contributed by atoms with Crippen molar-refractivity contribution in [2.75, 3.05) is 32.7 Å². The molecular formula is C12H20BrN3OS. The Morgan fingerprint density at radius 3 is 2.33 bits per heavy atom. The summed E-state index contributed by atoms with van der Waals surface area (Å²) < 4.78 is 15.1. The van der Waals surface area contributed by atoms with Crippen molar-refractivity contribution in [1.82, 2.24) is 9.62 Å². The van der Waals surface area contributed by atoms with Crippen LogP contribution < -0.4 is 11.1 Å². The third-order valence-corrected chi connectivity index (χ3v) is 4.36. The molecule has 0 aliphatic carbocycles. The number of hydrogen-bond donors (Lipinski definition) is 2. The van der Waals surface area contributed by atoms with Crippen LogP contribution in [0, 0.1) is 0 Å². The van der Waals surface area contributed by atoms with Gasteiger partial charge in [-0.2, -0.15) is 0 Å². The van der Waals surface area contributed by atoms with Crippen molar-refractivity contribution >= 4 is 26.9 Å². The smallest absolute Gasteiger partial charge is 0.127 e. The lowest BCUT2D eigenvalue weighted by atomic mass is 10.4. The van der Waals surface area contributed by atoms with Gasteiger partial charge in [0.15, 0.2) is 0 Å². The molecule has 1 atom stereocenters. The number of rotatable bonds is 2. The monoisotopic (exact) mass is 333 g/mol. The Hall–Kier alpha value is -0.270. The predicted molar refractivity (Wildman–Crippen MR) is 79.7 cm³/mol. The molecule has 0 bridgehead atoms. The van der Waals surface area contributed by atoms with E-state index in [9.17, 15) is 4.21 Å². The van der Waals surface area contributed by atoms with Crippen LogP contribution in [0.15, 0.2) is 33.6 Å². The van der Waals surface area contributed by atoms with Gasteiger partial charge in [0.2, 0.25) is 0 Å². The fourth-order valence-corrected chi connectivity index (χ4v) is 2.96. The zero-order chi connectivity index (χ0) is 13.4. The van der Waals surface area contributed by atoms with Crippen LogP contribution in [0.3, 0.4) is 0 Å². The second kappa shape index (κ2) is 8.77. The summed E-state index contributed by atoms with van der Waals surface area (Å²) in [4.78, 5) is 0.875. The van der Waals surface area contributed by atoms with Gasteiger partial charge in [-0.05, 0) is 30.8 Å². The fraction of sp³-hybridized carbons (Fsp3) is 0.500. The maximum Gasteiger partial charge on any atom is 0.127 e. The highest BCUT2D eigenvalue weighted by Crippen LogP contribution is 2.15. The molecule has 1 saturated heterocycles. The molecule has 0 saturated carbocycles. The molecule has 1 aromatic rings. The zero-order valence-corrected chi connectivity index (χ0v) is 13.0. The van der Waals surface area contributed by atoms with Gasteiger partial charge in [-0.3, -0.25) is 0 Å². The maximum atomic E-state index is 12.1. The van der Waals surface area contributed by atoms with Crippen molar-refractivity contribution in [2.24, 2.45) is 5.73 Å². The topological polar surface area (TPSA) is 58.4 Å². The molecule has 1 fully saturated rings. The van der Waals surface area contributed by atoms with E-state index in [1.807, 2.05) is 35.5 Å². The lowest BCUT2D eigenvalue weighted by molar-refractivity contribution is 0.380. The fourth-order valence-electron chi connectivity index (χ4n) is 1.51. The lowest BCUT2D eigenvalue weighted by Gasteiger charge is -2.25. The lowest BCUT2D eigenvalue weighted by Crippen LogP contribution is -2.44. The van der Waals surface area contributed by atoms with Crippen LogP contribution in [0.25, 0.3) is 0 Å². The average molecular weight is 334 g/mol. The first-order chi connectivity index (χ1) is 8.69. The van der Waals surface area contributed by atoms with Gasteiger partial charge in [-0.25, -0.2) is 8.51 Å². The van der Waals surface area contributed by atoms with E-state index < -0.39 is 11.0 Å². The van der Waals surface area contributed by atoms with Crippen molar-refractivity contribution in [3.05, 3.63) is 28.7 Å². The van der Waals surface area contributed by atoms with Crippen LogP contribution in [-0.2, 0) is 11.0 Å². The van der Waals surface area contributed by atoms with Crippen molar-refractivity contribution in [1.29, 1.82) is 0 Å². The van der Waals surface area contributed by atoms with Crippen LogP contribution in [0.2, 0.25) is 0 Å². The summed E-state index contributed by atoms with van der Waals surface area (Å²) in [5, 5.41) is 3.25. The van der Waals surface area contributed by atoms with Crippen LogP contribution in [0.1, 0.15) is 6.92 Å². The largest absolute Gasteiger partial charge is 0.331 e. The molecule has 1 unspecified atom stereocenters. The summed E-state index contributed by atoms with van der Waals surface area (Å²) in [7, 11) is -1.01. The Kier molecular flexibility index (Phi) is 7.69. The van der Waals surface area contributed by atoms with Crippen molar-refractivity contribution in [3.63, 3.8) is 0 Å². The molecule has 3 N–H and O–H groups in total. The molecule has 2 rings (SSSR count). The molecule has 1 aliphatic heterocycles. The van der Waals surface area contributed by atoms with E-state index in [4.69, 9.17) is 5.73 Å². The van der Waals surface area contributed by atoms with Gasteiger partial charge in [-0.15, -0.1) is 0 Å². The summed E-state index contributed by atoms with van der Waals surface area (Å²) in [6.45, 7) is 6.19. The number of nitrogens with two attached hydrogens (primary N) is 1. The van der Waals surface area contributed by atoms with Crippen LogP contribution in [0.4, 0.5) is 0 Å². The highest BCUT2D eigenvalue weighted by Gasteiger charge is 2.17. The summed E-state index contributed by atoms with van der Waals surface area (Å²) in [6.07, 6.45) is 0. The SMILES string of the molecule is CCN.O=S(c1ccc(Br)cc1)N1CCNCC1. The maximum absolute atomic E-state index is 12.1. The molecule has 1 heterocycles. The Bertz CT molecular complexity index is 366. The van der Waals surface area contributed by atoms with Crippen molar-refractivity contribution in [2.45, 2.75) is 11.8 Å². The van der Waals surface area contributed by atoms with Gasteiger partial charge in [0, 0.05) is 30.7 Å². The Morgan fingerprint density at radius 1 is 1.33 bits per heavy atom. The number of benzene rings is 1. The second-order valence-corrected chi connectivity index (χ2v) is 6.19. The first kappa shape index (κ1) is 15.8. The molecule has 0 radical (unpaired) electrons. The minimum Gasteiger partial charge on any atom is -0.331 e. The first-order valence-electron chi connectivity index (χ1n) is 6.02. The molecule has 1 aromatic carbocycles.